The average Bonchev–Trinajstić information content (AvgIpc) is 2.76. The van der Waals surface area contributed by atoms with E-state index in [0.717, 1.165) is 64.2 Å². The van der Waals surface area contributed by atoms with Gasteiger partial charge in [-0.3, -0.25) is 9.59 Å². The van der Waals surface area contributed by atoms with Gasteiger partial charge in [-0.25, -0.2) is 0 Å². The molecule has 2 N–H and O–H groups in total. The number of hydrogen-bond donors (Lipinski definition) is 2. The Kier molecular flexibility index (Phi) is 10.8. The molecule has 6 atom stereocenters. The third-order valence-corrected chi connectivity index (χ3v) is 7.64. The fraction of sp³-hybridized carbons (Fsp3) is 0.923. The van der Waals surface area contributed by atoms with Crippen molar-refractivity contribution >= 4 is 11.9 Å². The van der Waals surface area contributed by atoms with Crippen LogP contribution in [0.4, 0.5) is 0 Å². The summed E-state index contributed by atoms with van der Waals surface area (Å²) in [6.45, 7) is 4.28. The summed E-state index contributed by atoms with van der Waals surface area (Å²) in [6, 6.07) is 1.47. The molecular formula is C26H46N2O4. The van der Waals surface area contributed by atoms with Gasteiger partial charge in [0.05, 0.1) is 0 Å². The fourth-order valence-corrected chi connectivity index (χ4v) is 5.62. The smallest absolute Gasteiger partial charge is 0.306 e. The average molecular weight is 451 g/mol. The fourth-order valence-electron chi connectivity index (χ4n) is 5.62. The predicted molar refractivity (Wildman–Crippen MR) is 126 cm³/mol. The molecule has 0 aliphatic carbocycles. The Morgan fingerprint density at radius 1 is 0.562 bits per heavy atom. The first-order valence-electron chi connectivity index (χ1n) is 13.4. The Balaban J connectivity index is 1.47. The minimum atomic E-state index is -0.0365. The molecule has 6 aliphatic rings. The number of hydrogen-bond acceptors (Lipinski definition) is 6. The van der Waals surface area contributed by atoms with Gasteiger partial charge in [0.25, 0.3) is 0 Å². The number of carbonyl (C=O) groups is 2. The minimum Gasteiger partial charge on any atom is -0.461 e. The van der Waals surface area contributed by atoms with Crippen molar-refractivity contribution in [3.8, 4) is 0 Å². The van der Waals surface area contributed by atoms with Gasteiger partial charge in [0.15, 0.2) is 0 Å². The first-order chi connectivity index (χ1) is 15.5. The Hall–Kier alpha value is -1.14. The van der Waals surface area contributed by atoms with E-state index in [4.69, 9.17) is 9.47 Å². The van der Waals surface area contributed by atoms with E-state index in [0.29, 0.717) is 24.9 Å². The molecule has 32 heavy (non-hydrogen) atoms. The van der Waals surface area contributed by atoms with E-state index < -0.39 is 0 Å². The molecule has 0 aromatic heterocycles. The summed E-state index contributed by atoms with van der Waals surface area (Å²) in [7, 11) is 0. The van der Waals surface area contributed by atoms with E-state index in [9.17, 15) is 9.59 Å². The van der Waals surface area contributed by atoms with Crippen LogP contribution in [0.25, 0.3) is 0 Å². The molecule has 184 valence electrons. The molecule has 0 aromatic carbocycles. The zero-order valence-electron chi connectivity index (χ0n) is 20.4. The van der Waals surface area contributed by atoms with Gasteiger partial charge < -0.3 is 20.1 Å². The highest BCUT2D eigenvalue weighted by Gasteiger charge is 2.30. The van der Waals surface area contributed by atoms with E-state index in [-0.39, 0.29) is 36.2 Å². The van der Waals surface area contributed by atoms with E-state index in [1.807, 2.05) is 0 Å². The summed E-state index contributed by atoms with van der Waals surface area (Å²) in [5.41, 5.74) is 0. The summed E-state index contributed by atoms with van der Waals surface area (Å²) in [5, 5.41) is 7.31. The van der Waals surface area contributed by atoms with Crippen molar-refractivity contribution < 1.29 is 19.1 Å². The Morgan fingerprint density at radius 3 is 1.44 bits per heavy atom. The molecule has 6 heteroatoms. The maximum absolute atomic E-state index is 12.3. The second kappa shape index (κ2) is 13.5. The summed E-state index contributed by atoms with van der Waals surface area (Å²) in [5.74, 6) is -0.0657. The van der Waals surface area contributed by atoms with Crippen LogP contribution in [0.3, 0.4) is 0 Å². The molecule has 0 saturated carbocycles. The normalized spacial score (nSPS) is 37.3. The molecule has 6 unspecified atom stereocenters. The Morgan fingerprint density at radius 2 is 0.969 bits per heavy atom. The van der Waals surface area contributed by atoms with Crippen molar-refractivity contribution in [1.29, 1.82) is 0 Å². The zero-order valence-corrected chi connectivity index (χ0v) is 20.4. The number of piperidine rings is 2. The lowest BCUT2D eigenvalue weighted by Gasteiger charge is -2.35. The molecule has 6 saturated heterocycles. The summed E-state index contributed by atoms with van der Waals surface area (Å²) in [4.78, 5) is 24.6. The van der Waals surface area contributed by atoms with Crippen molar-refractivity contribution in [3.63, 3.8) is 0 Å². The van der Waals surface area contributed by atoms with Crippen LogP contribution in [0.1, 0.15) is 117 Å². The number of rotatable bonds is 0. The van der Waals surface area contributed by atoms with Gasteiger partial charge in [-0.05, 0) is 65.2 Å². The molecule has 6 heterocycles. The van der Waals surface area contributed by atoms with Crippen LogP contribution in [-0.2, 0) is 19.1 Å². The largest absolute Gasteiger partial charge is 0.461 e. The molecule has 0 amide bonds. The maximum atomic E-state index is 12.3. The Labute approximate surface area is 194 Å². The van der Waals surface area contributed by atoms with Gasteiger partial charge in [-0.15, -0.1) is 0 Å². The van der Waals surface area contributed by atoms with Gasteiger partial charge in [-0.2, -0.15) is 0 Å². The van der Waals surface area contributed by atoms with Gasteiger partial charge in [0.1, 0.15) is 12.2 Å². The molecule has 0 spiro atoms. The minimum absolute atomic E-state index is 0.00405. The highest BCUT2D eigenvalue weighted by atomic mass is 16.5. The van der Waals surface area contributed by atoms with E-state index >= 15 is 0 Å². The first-order valence-corrected chi connectivity index (χ1v) is 13.4. The highest BCUT2D eigenvalue weighted by Crippen LogP contribution is 2.23. The molecular weight excluding hydrogens is 404 g/mol. The van der Waals surface area contributed by atoms with Crippen molar-refractivity contribution in [2.24, 2.45) is 0 Å². The van der Waals surface area contributed by atoms with E-state index in [1.165, 1.54) is 25.7 Å². The van der Waals surface area contributed by atoms with Crippen molar-refractivity contribution in [3.05, 3.63) is 0 Å². The van der Waals surface area contributed by atoms with Crippen molar-refractivity contribution in [1.82, 2.24) is 10.6 Å². The molecule has 6 rings (SSSR count). The lowest BCUT2D eigenvalue weighted by atomic mass is 9.92. The van der Waals surface area contributed by atoms with E-state index in [1.54, 1.807) is 0 Å². The lowest BCUT2D eigenvalue weighted by molar-refractivity contribution is -0.153. The topological polar surface area (TPSA) is 76.7 Å². The monoisotopic (exact) mass is 450 g/mol. The molecule has 6 nitrogen and oxygen atoms in total. The maximum Gasteiger partial charge on any atom is 0.306 e. The molecule has 0 aromatic rings. The van der Waals surface area contributed by atoms with Gasteiger partial charge in [0.2, 0.25) is 0 Å². The standard InChI is InChI=1S/C26H46N2O4/c1-19-24-17-15-21(27-19)11-7-4-3-5-9-13-25(29)31-23-18-16-22(28-20(23)2)12-8-6-10-14-26(30)32-24/h19-24,27-28H,3-18H2,1-2H3. The summed E-state index contributed by atoms with van der Waals surface area (Å²) < 4.78 is 11.6. The molecule has 6 fully saturated rings. The number of ether oxygens (including phenoxy) is 2. The van der Waals surface area contributed by atoms with Crippen molar-refractivity contribution in [2.45, 2.75) is 153 Å². The number of carbonyl (C=O) groups excluding carboxylic acids is 2. The third-order valence-electron chi connectivity index (χ3n) is 7.64. The summed E-state index contributed by atoms with van der Waals surface area (Å²) in [6.07, 6.45) is 16.2. The van der Waals surface area contributed by atoms with Gasteiger partial charge >= 0.3 is 11.9 Å². The summed E-state index contributed by atoms with van der Waals surface area (Å²) >= 11 is 0. The lowest BCUT2D eigenvalue weighted by Crippen LogP contribution is -2.50. The first kappa shape index (κ1) is 25.5. The third kappa shape index (κ3) is 8.66. The SMILES string of the molecule is CC1NC2CCCCCCCC(=O)OC3CCC(CCCCCC(=O)OC1CC2)NC3C. The van der Waals surface area contributed by atoms with Crippen LogP contribution in [0, 0.1) is 0 Å². The molecule has 6 aliphatic heterocycles. The van der Waals surface area contributed by atoms with Crippen LogP contribution in [-0.4, -0.2) is 48.3 Å². The van der Waals surface area contributed by atoms with Crippen molar-refractivity contribution in [2.75, 3.05) is 0 Å². The van der Waals surface area contributed by atoms with Crippen LogP contribution >= 0.6 is 0 Å². The van der Waals surface area contributed by atoms with Gasteiger partial charge in [-0.1, -0.05) is 38.5 Å². The number of nitrogens with one attached hydrogen (secondary N) is 2. The predicted octanol–water partition coefficient (Wildman–Crippen LogP) is 4.79. The zero-order chi connectivity index (χ0) is 22.8. The second-order valence-corrected chi connectivity index (χ2v) is 10.4. The van der Waals surface area contributed by atoms with Crippen LogP contribution in [0.2, 0.25) is 0 Å². The van der Waals surface area contributed by atoms with Crippen LogP contribution in [0.5, 0.6) is 0 Å². The van der Waals surface area contributed by atoms with Crippen LogP contribution < -0.4 is 10.6 Å². The van der Waals surface area contributed by atoms with Gasteiger partial charge in [0, 0.05) is 37.0 Å². The Bertz CT molecular complexity index is 584. The number of esters is 2. The second-order valence-electron chi connectivity index (χ2n) is 10.4. The molecule has 4 bridgehead atoms. The highest BCUT2D eigenvalue weighted by molar-refractivity contribution is 5.69. The van der Waals surface area contributed by atoms with Crippen LogP contribution in [0.15, 0.2) is 0 Å². The van der Waals surface area contributed by atoms with E-state index in [2.05, 4.69) is 24.5 Å². The quantitative estimate of drug-likeness (QED) is 0.517. The molecule has 0 radical (unpaired) electrons.